The first-order valence-corrected chi connectivity index (χ1v) is 7.51. The number of aromatic nitrogens is 2. The standard InChI is InChI=1S/C16H19FN4O2/c1-10-15(11(2)19-18-10)21-5-3-20(4-6-21)14-8-12(16(22)23)7-13(17)9-14/h7-9H,3-6H2,1-2H3,(H,18,19)(H,22,23). The summed E-state index contributed by atoms with van der Waals surface area (Å²) >= 11 is 0. The molecule has 122 valence electrons. The summed E-state index contributed by atoms with van der Waals surface area (Å²) in [6.45, 7) is 6.92. The Morgan fingerprint density at radius 2 is 1.83 bits per heavy atom. The van der Waals surface area contributed by atoms with E-state index in [4.69, 9.17) is 5.11 Å². The molecule has 0 saturated carbocycles. The number of hydrogen-bond acceptors (Lipinski definition) is 4. The molecule has 0 unspecified atom stereocenters. The quantitative estimate of drug-likeness (QED) is 0.907. The SMILES string of the molecule is Cc1n[nH]c(C)c1N1CCN(c2cc(F)cc(C(=O)O)c2)CC1. The van der Waals surface area contributed by atoms with Crippen molar-refractivity contribution in [2.45, 2.75) is 13.8 Å². The third-order valence-electron chi connectivity index (χ3n) is 4.18. The van der Waals surface area contributed by atoms with Crippen molar-refractivity contribution in [1.82, 2.24) is 10.2 Å². The Morgan fingerprint density at radius 1 is 1.17 bits per heavy atom. The van der Waals surface area contributed by atoms with Crippen molar-refractivity contribution in [2.24, 2.45) is 0 Å². The van der Waals surface area contributed by atoms with Gasteiger partial charge in [-0.3, -0.25) is 5.10 Å². The minimum atomic E-state index is -1.12. The topological polar surface area (TPSA) is 72.5 Å². The number of benzene rings is 1. The minimum Gasteiger partial charge on any atom is -0.478 e. The molecule has 1 fully saturated rings. The lowest BCUT2D eigenvalue weighted by molar-refractivity contribution is 0.0696. The van der Waals surface area contributed by atoms with E-state index >= 15 is 0 Å². The van der Waals surface area contributed by atoms with Crippen LogP contribution >= 0.6 is 0 Å². The molecule has 0 bridgehead atoms. The van der Waals surface area contributed by atoms with Crippen LogP contribution < -0.4 is 9.80 Å². The summed E-state index contributed by atoms with van der Waals surface area (Å²) in [5.41, 5.74) is 3.71. The highest BCUT2D eigenvalue weighted by Gasteiger charge is 2.22. The molecule has 7 heteroatoms. The van der Waals surface area contributed by atoms with E-state index in [1.54, 1.807) is 0 Å². The van der Waals surface area contributed by atoms with Gasteiger partial charge >= 0.3 is 5.97 Å². The van der Waals surface area contributed by atoms with Gasteiger partial charge in [0.1, 0.15) is 5.82 Å². The zero-order valence-corrected chi connectivity index (χ0v) is 13.1. The molecule has 2 aromatic rings. The summed E-state index contributed by atoms with van der Waals surface area (Å²) in [5.74, 6) is -1.64. The van der Waals surface area contributed by atoms with Gasteiger partial charge in [0, 0.05) is 31.9 Å². The van der Waals surface area contributed by atoms with Crippen LogP contribution in [-0.2, 0) is 0 Å². The summed E-state index contributed by atoms with van der Waals surface area (Å²) in [6.07, 6.45) is 0. The molecule has 2 heterocycles. The van der Waals surface area contributed by atoms with E-state index in [0.29, 0.717) is 18.8 Å². The van der Waals surface area contributed by atoms with Gasteiger partial charge in [0.15, 0.2) is 0 Å². The first-order chi connectivity index (χ1) is 11.0. The molecule has 1 aliphatic heterocycles. The monoisotopic (exact) mass is 318 g/mol. The molecule has 1 saturated heterocycles. The number of nitrogens with zero attached hydrogens (tertiary/aromatic N) is 3. The second-order valence-corrected chi connectivity index (χ2v) is 5.76. The maximum atomic E-state index is 13.6. The summed E-state index contributed by atoms with van der Waals surface area (Å²) in [5, 5.41) is 16.3. The van der Waals surface area contributed by atoms with Gasteiger partial charge in [-0.1, -0.05) is 0 Å². The molecule has 1 aromatic heterocycles. The highest BCUT2D eigenvalue weighted by atomic mass is 19.1. The van der Waals surface area contributed by atoms with Crippen LogP contribution in [0.3, 0.4) is 0 Å². The third-order valence-corrected chi connectivity index (χ3v) is 4.18. The first-order valence-electron chi connectivity index (χ1n) is 7.51. The zero-order valence-electron chi connectivity index (χ0n) is 13.1. The number of halogens is 1. The number of rotatable bonds is 3. The Hall–Kier alpha value is -2.57. The van der Waals surface area contributed by atoms with Gasteiger partial charge in [-0.25, -0.2) is 9.18 Å². The van der Waals surface area contributed by atoms with Gasteiger partial charge in [0.2, 0.25) is 0 Å². The van der Waals surface area contributed by atoms with Crippen molar-refractivity contribution >= 4 is 17.3 Å². The van der Waals surface area contributed by atoms with E-state index in [1.165, 1.54) is 12.1 Å². The van der Waals surface area contributed by atoms with E-state index in [2.05, 4.69) is 15.1 Å². The number of carbonyl (C=O) groups is 1. The van der Waals surface area contributed by atoms with Gasteiger partial charge in [0.25, 0.3) is 0 Å². The van der Waals surface area contributed by atoms with Gasteiger partial charge in [-0.2, -0.15) is 5.10 Å². The molecule has 0 amide bonds. The number of hydrogen-bond donors (Lipinski definition) is 2. The van der Waals surface area contributed by atoms with Crippen LogP contribution in [0.25, 0.3) is 0 Å². The molecule has 1 aliphatic rings. The van der Waals surface area contributed by atoms with Gasteiger partial charge in [0.05, 0.1) is 22.6 Å². The number of carboxylic acids is 1. The summed E-state index contributed by atoms with van der Waals surface area (Å²) in [6, 6.07) is 3.95. The fourth-order valence-corrected chi connectivity index (χ4v) is 3.08. The van der Waals surface area contributed by atoms with Crippen LogP contribution in [-0.4, -0.2) is 47.5 Å². The average Bonchev–Trinajstić information content (AvgIpc) is 2.86. The normalized spacial score (nSPS) is 15.1. The molecule has 0 radical (unpaired) electrons. The van der Waals surface area contributed by atoms with Crippen LogP contribution in [0.5, 0.6) is 0 Å². The molecule has 23 heavy (non-hydrogen) atoms. The lowest BCUT2D eigenvalue weighted by Crippen LogP contribution is -2.47. The van der Waals surface area contributed by atoms with Crippen molar-refractivity contribution in [2.75, 3.05) is 36.0 Å². The molecule has 3 rings (SSSR count). The second kappa shape index (κ2) is 5.91. The number of nitrogens with one attached hydrogen (secondary N) is 1. The van der Waals surface area contributed by atoms with E-state index in [9.17, 15) is 9.18 Å². The molecule has 0 aliphatic carbocycles. The maximum Gasteiger partial charge on any atom is 0.335 e. The van der Waals surface area contributed by atoms with Crippen molar-refractivity contribution in [3.63, 3.8) is 0 Å². The van der Waals surface area contributed by atoms with Crippen molar-refractivity contribution in [1.29, 1.82) is 0 Å². The summed E-state index contributed by atoms with van der Waals surface area (Å²) in [4.78, 5) is 15.3. The number of H-pyrrole nitrogens is 1. The van der Waals surface area contributed by atoms with Crippen LogP contribution in [0.1, 0.15) is 21.7 Å². The maximum absolute atomic E-state index is 13.6. The Balaban J connectivity index is 1.76. The first kappa shape index (κ1) is 15.3. The smallest absolute Gasteiger partial charge is 0.335 e. The Morgan fingerprint density at radius 3 is 2.39 bits per heavy atom. The van der Waals surface area contributed by atoms with Crippen molar-refractivity contribution < 1.29 is 14.3 Å². The fourth-order valence-electron chi connectivity index (χ4n) is 3.08. The summed E-state index contributed by atoms with van der Waals surface area (Å²) in [7, 11) is 0. The molecular weight excluding hydrogens is 299 g/mol. The predicted molar refractivity (Wildman–Crippen MR) is 85.8 cm³/mol. The lowest BCUT2D eigenvalue weighted by Gasteiger charge is -2.37. The van der Waals surface area contributed by atoms with Gasteiger partial charge < -0.3 is 14.9 Å². The Kier molecular flexibility index (Phi) is 3.94. The fraction of sp³-hybridized carbons (Fsp3) is 0.375. The van der Waals surface area contributed by atoms with E-state index in [0.717, 1.165) is 36.2 Å². The van der Waals surface area contributed by atoms with Crippen LogP contribution in [0.15, 0.2) is 18.2 Å². The summed E-state index contributed by atoms with van der Waals surface area (Å²) < 4.78 is 13.6. The molecule has 0 atom stereocenters. The molecular formula is C16H19FN4O2. The number of aromatic amines is 1. The van der Waals surface area contributed by atoms with Crippen LogP contribution in [0.4, 0.5) is 15.8 Å². The van der Waals surface area contributed by atoms with E-state index in [1.807, 2.05) is 18.7 Å². The number of carboxylic acid groups (broad SMARTS) is 1. The van der Waals surface area contributed by atoms with E-state index in [-0.39, 0.29) is 5.56 Å². The van der Waals surface area contributed by atoms with Crippen molar-refractivity contribution in [3.05, 3.63) is 41.0 Å². The zero-order chi connectivity index (χ0) is 16.6. The third kappa shape index (κ3) is 2.99. The highest BCUT2D eigenvalue weighted by Crippen LogP contribution is 2.26. The van der Waals surface area contributed by atoms with Crippen molar-refractivity contribution in [3.8, 4) is 0 Å². The molecule has 0 spiro atoms. The number of piperazine rings is 1. The Labute approximate surface area is 133 Å². The molecule has 2 N–H and O–H groups in total. The predicted octanol–water partition coefficient (Wildman–Crippen LogP) is 2.19. The molecule has 6 nitrogen and oxygen atoms in total. The highest BCUT2D eigenvalue weighted by molar-refractivity contribution is 5.89. The number of anilines is 2. The number of aromatic carboxylic acids is 1. The Bertz CT molecular complexity index is 716. The second-order valence-electron chi connectivity index (χ2n) is 5.76. The number of aryl methyl sites for hydroxylation is 2. The van der Waals surface area contributed by atoms with Crippen LogP contribution in [0.2, 0.25) is 0 Å². The van der Waals surface area contributed by atoms with E-state index < -0.39 is 11.8 Å². The largest absolute Gasteiger partial charge is 0.478 e. The van der Waals surface area contributed by atoms with Gasteiger partial charge in [-0.05, 0) is 32.0 Å². The lowest BCUT2D eigenvalue weighted by atomic mass is 10.1. The van der Waals surface area contributed by atoms with Crippen LogP contribution in [0, 0.1) is 19.7 Å². The average molecular weight is 318 g/mol. The molecule has 1 aromatic carbocycles. The minimum absolute atomic E-state index is 0.0241. The van der Waals surface area contributed by atoms with Gasteiger partial charge in [-0.15, -0.1) is 0 Å².